The smallest absolute Gasteiger partial charge is 0.303 e. The molecule has 5 rings (SSSR count). The van der Waals surface area contributed by atoms with Gasteiger partial charge in [-0.25, -0.2) is 9.37 Å². The number of aryl methyl sites for hydroxylation is 1. The number of oxime groups is 1. The lowest BCUT2D eigenvalue weighted by molar-refractivity contribution is -0.137. The van der Waals surface area contributed by atoms with Crippen molar-refractivity contribution < 1.29 is 24.2 Å². The number of benzene rings is 3. The molecule has 0 spiro atoms. The van der Waals surface area contributed by atoms with Crippen LogP contribution in [0.3, 0.4) is 0 Å². The molecule has 0 saturated carbocycles. The van der Waals surface area contributed by atoms with Crippen LogP contribution in [0.5, 0.6) is 0 Å². The van der Waals surface area contributed by atoms with E-state index in [2.05, 4.69) is 5.16 Å². The lowest BCUT2D eigenvalue weighted by Gasteiger charge is -2.27. The van der Waals surface area contributed by atoms with Gasteiger partial charge >= 0.3 is 5.97 Å². The second kappa shape index (κ2) is 10.9. The molecule has 0 amide bonds. The van der Waals surface area contributed by atoms with Crippen molar-refractivity contribution >= 4 is 28.3 Å². The van der Waals surface area contributed by atoms with Gasteiger partial charge in [-0.05, 0) is 73.9 Å². The molecule has 9 nitrogen and oxygen atoms in total. The summed E-state index contributed by atoms with van der Waals surface area (Å²) in [6.45, 7) is 1.78. The van der Waals surface area contributed by atoms with E-state index in [1.54, 1.807) is 49.4 Å². The fourth-order valence-electron chi connectivity index (χ4n) is 4.88. The zero-order valence-corrected chi connectivity index (χ0v) is 21.9. The second-order valence-corrected chi connectivity index (χ2v) is 10.2. The average Bonchev–Trinajstić information content (AvgIpc) is 3.35. The monoisotopic (exact) mass is 544 g/mol. The van der Waals surface area contributed by atoms with Crippen LogP contribution in [-0.4, -0.2) is 37.0 Å². The summed E-state index contributed by atoms with van der Waals surface area (Å²) >= 11 is 0. The summed E-state index contributed by atoms with van der Waals surface area (Å²) in [6, 6.07) is 17.7. The van der Waals surface area contributed by atoms with Crippen molar-refractivity contribution in [2.24, 2.45) is 5.16 Å². The van der Waals surface area contributed by atoms with Crippen molar-refractivity contribution in [3.05, 3.63) is 99.9 Å². The first kappa shape index (κ1) is 27.0. The molecule has 10 heteroatoms. The van der Waals surface area contributed by atoms with E-state index >= 15 is 0 Å². The van der Waals surface area contributed by atoms with Crippen LogP contribution in [0.15, 0.2) is 76.7 Å². The number of nitrogens with two attached hydrogens (primary N) is 1. The van der Waals surface area contributed by atoms with E-state index in [1.165, 1.54) is 28.8 Å². The highest BCUT2D eigenvalue weighted by Gasteiger charge is 2.42. The van der Waals surface area contributed by atoms with Crippen LogP contribution in [0.2, 0.25) is 0 Å². The number of aliphatic hydroxyl groups excluding tert-OH is 1. The fraction of sp³-hybridized carbons (Fsp3) is 0.267. The Morgan fingerprint density at radius 3 is 2.55 bits per heavy atom. The molecule has 2 atom stereocenters. The Bertz CT molecular complexity index is 1650. The van der Waals surface area contributed by atoms with E-state index in [0.29, 0.717) is 70.6 Å². The SMILES string of the molecule is CC1(C(O)c2ccc(N)cc2)CC(c2ccc3c(=O)n(-c4ccc(F)cc4)c(CCCCC(=O)O)nc3c2)=NO1. The van der Waals surface area contributed by atoms with Gasteiger partial charge in [0.15, 0.2) is 5.60 Å². The molecular weight excluding hydrogens is 515 g/mol. The van der Waals surface area contributed by atoms with Crippen LogP contribution < -0.4 is 11.3 Å². The van der Waals surface area contributed by atoms with E-state index in [4.69, 9.17) is 20.7 Å². The molecule has 3 aromatic carbocycles. The molecule has 0 radical (unpaired) electrons. The molecule has 4 N–H and O–H groups in total. The molecule has 1 aromatic heterocycles. The molecule has 0 saturated heterocycles. The number of aromatic nitrogens is 2. The molecule has 1 aliphatic heterocycles. The molecule has 206 valence electrons. The number of hydrogen-bond acceptors (Lipinski definition) is 7. The van der Waals surface area contributed by atoms with Gasteiger partial charge in [-0.3, -0.25) is 14.2 Å². The van der Waals surface area contributed by atoms with Gasteiger partial charge in [-0.15, -0.1) is 0 Å². The predicted octanol–water partition coefficient (Wildman–Crippen LogP) is 4.52. The summed E-state index contributed by atoms with van der Waals surface area (Å²) in [5, 5.41) is 24.6. The topological polar surface area (TPSA) is 140 Å². The Morgan fingerprint density at radius 1 is 1.12 bits per heavy atom. The molecule has 1 aliphatic rings. The van der Waals surface area contributed by atoms with E-state index < -0.39 is 23.5 Å². The van der Waals surface area contributed by atoms with Crippen molar-refractivity contribution in [2.45, 2.75) is 50.7 Å². The Labute approximate surface area is 229 Å². The highest BCUT2D eigenvalue weighted by Crippen LogP contribution is 2.38. The number of rotatable bonds is 9. The summed E-state index contributed by atoms with van der Waals surface area (Å²) in [4.78, 5) is 35.1. The number of halogens is 1. The van der Waals surface area contributed by atoms with Crippen molar-refractivity contribution in [3.63, 3.8) is 0 Å². The van der Waals surface area contributed by atoms with Crippen LogP contribution in [-0.2, 0) is 16.1 Å². The zero-order valence-electron chi connectivity index (χ0n) is 21.9. The Morgan fingerprint density at radius 2 is 1.85 bits per heavy atom. The van der Waals surface area contributed by atoms with Crippen LogP contribution in [0.1, 0.15) is 55.7 Å². The standard InChI is InChI=1S/C30H29FN4O5/c1-30(28(38)18-6-11-21(32)12-7-18)17-25(34-40-30)19-8-15-23-24(16-19)33-26(4-2-3-5-27(36)37)35(29(23)39)22-13-9-20(31)10-14-22/h6-16,28,38H,2-5,17,32H2,1H3,(H,36,37). The predicted molar refractivity (Wildman–Crippen MR) is 149 cm³/mol. The van der Waals surface area contributed by atoms with Gasteiger partial charge in [0, 0.05) is 30.5 Å². The van der Waals surface area contributed by atoms with Crippen LogP contribution in [0.25, 0.3) is 16.6 Å². The number of aliphatic carboxylic acids is 1. The Balaban J connectivity index is 1.47. The quantitative estimate of drug-likeness (QED) is 0.208. The highest BCUT2D eigenvalue weighted by atomic mass is 19.1. The average molecular weight is 545 g/mol. The van der Waals surface area contributed by atoms with E-state index in [-0.39, 0.29) is 12.0 Å². The minimum Gasteiger partial charge on any atom is -0.481 e. The molecule has 40 heavy (non-hydrogen) atoms. The lowest BCUT2D eigenvalue weighted by Crippen LogP contribution is -2.33. The molecule has 2 heterocycles. The van der Waals surface area contributed by atoms with Crippen LogP contribution in [0.4, 0.5) is 10.1 Å². The number of carbonyl (C=O) groups is 1. The largest absolute Gasteiger partial charge is 0.481 e. The van der Waals surface area contributed by atoms with Crippen LogP contribution in [0, 0.1) is 5.82 Å². The maximum Gasteiger partial charge on any atom is 0.303 e. The number of unbranched alkanes of at least 4 members (excludes halogenated alkanes) is 1. The van der Waals surface area contributed by atoms with Gasteiger partial charge in [0.2, 0.25) is 0 Å². The van der Waals surface area contributed by atoms with E-state index in [1.807, 2.05) is 0 Å². The molecule has 4 aromatic rings. The van der Waals surface area contributed by atoms with Crippen molar-refractivity contribution in [2.75, 3.05) is 5.73 Å². The number of fused-ring (bicyclic) bond motifs is 1. The Kier molecular flexibility index (Phi) is 7.36. The molecular formula is C30H29FN4O5. The van der Waals surface area contributed by atoms with Crippen molar-refractivity contribution in [1.29, 1.82) is 0 Å². The molecule has 0 bridgehead atoms. The third kappa shape index (κ3) is 5.43. The number of nitrogen functional groups attached to an aromatic ring is 1. The fourth-order valence-corrected chi connectivity index (χ4v) is 4.88. The first-order valence-electron chi connectivity index (χ1n) is 13.0. The lowest BCUT2D eigenvalue weighted by atomic mass is 9.87. The number of hydrogen-bond donors (Lipinski definition) is 3. The summed E-state index contributed by atoms with van der Waals surface area (Å²) in [7, 11) is 0. The van der Waals surface area contributed by atoms with Gasteiger partial charge in [0.25, 0.3) is 5.56 Å². The van der Waals surface area contributed by atoms with Gasteiger partial charge in [0.1, 0.15) is 17.7 Å². The third-order valence-electron chi connectivity index (χ3n) is 7.11. The number of carboxylic acids is 1. The van der Waals surface area contributed by atoms with Gasteiger partial charge in [0.05, 0.1) is 22.3 Å². The van der Waals surface area contributed by atoms with Gasteiger partial charge < -0.3 is 20.8 Å². The minimum atomic E-state index is -1.00. The summed E-state index contributed by atoms with van der Waals surface area (Å²) < 4.78 is 15.0. The van der Waals surface area contributed by atoms with E-state index in [9.17, 15) is 19.1 Å². The van der Waals surface area contributed by atoms with Crippen molar-refractivity contribution in [1.82, 2.24) is 9.55 Å². The highest BCUT2D eigenvalue weighted by molar-refractivity contribution is 6.04. The summed E-state index contributed by atoms with van der Waals surface area (Å²) in [5.41, 5.74) is 7.92. The zero-order chi connectivity index (χ0) is 28.4. The summed E-state index contributed by atoms with van der Waals surface area (Å²) in [6.07, 6.45) is 0.671. The number of nitrogens with zero attached hydrogens (tertiary/aromatic N) is 3. The maximum atomic E-state index is 13.6. The third-order valence-corrected chi connectivity index (χ3v) is 7.11. The first-order chi connectivity index (χ1) is 19.1. The molecule has 0 fully saturated rings. The molecule has 0 aliphatic carbocycles. The first-order valence-corrected chi connectivity index (χ1v) is 13.0. The van der Waals surface area contributed by atoms with Crippen molar-refractivity contribution in [3.8, 4) is 5.69 Å². The minimum absolute atomic E-state index is 0.0132. The van der Waals surface area contributed by atoms with E-state index in [0.717, 1.165) is 0 Å². The normalized spacial score (nSPS) is 17.4. The van der Waals surface area contributed by atoms with Gasteiger partial charge in [-0.2, -0.15) is 0 Å². The maximum absolute atomic E-state index is 13.6. The molecule has 2 unspecified atom stereocenters. The number of aliphatic hydroxyl groups is 1. The number of carboxylic acid groups (broad SMARTS) is 1. The summed E-state index contributed by atoms with van der Waals surface area (Å²) in [5.74, 6) is -0.869. The second-order valence-electron chi connectivity index (χ2n) is 10.2. The Hall–Kier alpha value is -4.57. The van der Waals surface area contributed by atoms with Gasteiger partial charge in [-0.1, -0.05) is 23.4 Å². The number of anilines is 1. The van der Waals surface area contributed by atoms with Crippen LogP contribution >= 0.6 is 0 Å².